The number of pyridine rings is 1. The summed E-state index contributed by atoms with van der Waals surface area (Å²) in [4.78, 5) is 16.8. The van der Waals surface area contributed by atoms with E-state index in [9.17, 15) is 4.79 Å². The molecule has 9 heteroatoms. The van der Waals surface area contributed by atoms with E-state index in [2.05, 4.69) is 25.9 Å². The zero-order valence-electron chi connectivity index (χ0n) is 17.7. The Morgan fingerprint density at radius 1 is 1.10 bits per heavy atom. The first-order valence-electron chi connectivity index (χ1n) is 10.5. The summed E-state index contributed by atoms with van der Waals surface area (Å²) in [6.07, 6.45) is 11.3. The Balaban J connectivity index is 0.00000171. The molecule has 31 heavy (non-hydrogen) atoms. The second-order valence-corrected chi connectivity index (χ2v) is 7.71. The first kappa shape index (κ1) is 25.0. The van der Waals surface area contributed by atoms with E-state index in [1.165, 1.54) is 38.5 Å². The zero-order valence-corrected chi connectivity index (χ0v) is 19.3. The van der Waals surface area contributed by atoms with Crippen LogP contribution in [-0.2, 0) is 0 Å². The average Bonchev–Trinajstić information content (AvgIpc) is 2.95. The number of nitrogens with one attached hydrogen (secondary N) is 2. The predicted octanol–water partition coefficient (Wildman–Crippen LogP) is 4.01. The number of carbonyl (C=O) groups is 1. The molecular weight excluding hydrogens is 435 g/mol. The Morgan fingerprint density at radius 2 is 1.87 bits per heavy atom. The summed E-state index contributed by atoms with van der Waals surface area (Å²) in [5.74, 6) is -0.182. The van der Waals surface area contributed by atoms with Crippen LogP contribution >= 0.6 is 24.8 Å². The molecule has 7 nitrogen and oxygen atoms in total. The molecule has 2 N–H and O–H groups in total. The minimum absolute atomic E-state index is 0. The van der Waals surface area contributed by atoms with Crippen molar-refractivity contribution in [1.29, 1.82) is 0 Å². The molecule has 0 aliphatic heterocycles. The highest BCUT2D eigenvalue weighted by molar-refractivity contribution is 5.94. The molecule has 1 aliphatic rings. The van der Waals surface area contributed by atoms with E-state index in [0.29, 0.717) is 18.3 Å². The van der Waals surface area contributed by atoms with E-state index >= 15 is 0 Å². The lowest BCUT2D eigenvalue weighted by molar-refractivity contribution is 0.0948. The van der Waals surface area contributed by atoms with Crippen molar-refractivity contribution in [3.63, 3.8) is 0 Å². The summed E-state index contributed by atoms with van der Waals surface area (Å²) in [6, 6.07) is 8.47. The number of nitrogens with zero attached hydrogens (tertiary/aromatic N) is 4. The standard InChI is InChI=1S/C22H28N6O.2ClH/c1-16-21(22(29)25-14-13-24-18-8-4-2-3-5-9-18)26-27-28(16)20-10-6-7-17-15-23-12-11-19(17)20;;/h6-7,10-12,15,18,24H,2-5,8-9,13-14H2,1H3,(H,25,29);2*1H. The lowest BCUT2D eigenvalue weighted by Gasteiger charge is -2.16. The summed E-state index contributed by atoms with van der Waals surface area (Å²) < 4.78 is 1.72. The summed E-state index contributed by atoms with van der Waals surface area (Å²) in [5.41, 5.74) is 1.98. The summed E-state index contributed by atoms with van der Waals surface area (Å²) in [7, 11) is 0. The van der Waals surface area contributed by atoms with E-state index in [1.807, 2.05) is 37.4 Å². The zero-order chi connectivity index (χ0) is 20.1. The Bertz CT molecular complexity index is 980. The van der Waals surface area contributed by atoms with E-state index in [1.54, 1.807) is 10.9 Å². The number of amides is 1. The van der Waals surface area contributed by atoms with Gasteiger partial charge in [0, 0.05) is 42.3 Å². The molecule has 2 heterocycles. The number of hydrogen-bond donors (Lipinski definition) is 2. The molecule has 1 aliphatic carbocycles. The van der Waals surface area contributed by atoms with Crippen LogP contribution in [0.5, 0.6) is 0 Å². The largest absolute Gasteiger partial charge is 0.349 e. The molecule has 0 atom stereocenters. The van der Waals surface area contributed by atoms with Gasteiger partial charge < -0.3 is 10.6 Å². The van der Waals surface area contributed by atoms with Crippen LogP contribution < -0.4 is 10.6 Å². The Hall–Kier alpha value is -2.22. The van der Waals surface area contributed by atoms with Crippen LogP contribution in [-0.4, -0.2) is 45.0 Å². The molecule has 2 aromatic heterocycles. The number of fused-ring (bicyclic) bond motifs is 1. The maximum absolute atomic E-state index is 12.6. The summed E-state index contributed by atoms with van der Waals surface area (Å²) in [6.45, 7) is 3.24. The molecule has 168 valence electrons. The van der Waals surface area contributed by atoms with Gasteiger partial charge in [-0.05, 0) is 31.9 Å². The van der Waals surface area contributed by atoms with Gasteiger partial charge in [0.15, 0.2) is 5.69 Å². The fourth-order valence-corrected chi connectivity index (χ4v) is 4.08. The highest BCUT2D eigenvalue weighted by Gasteiger charge is 2.18. The maximum atomic E-state index is 12.6. The maximum Gasteiger partial charge on any atom is 0.273 e. The van der Waals surface area contributed by atoms with Gasteiger partial charge in [-0.2, -0.15) is 0 Å². The third-order valence-corrected chi connectivity index (χ3v) is 5.69. The van der Waals surface area contributed by atoms with Gasteiger partial charge in [0.25, 0.3) is 5.91 Å². The van der Waals surface area contributed by atoms with Gasteiger partial charge in [-0.25, -0.2) is 4.68 Å². The van der Waals surface area contributed by atoms with Gasteiger partial charge in [0.1, 0.15) is 0 Å². The van der Waals surface area contributed by atoms with E-state index < -0.39 is 0 Å². The number of hydrogen-bond acceptors (Lipinski definition) is 5. The molecule has 0 bridgehead atoms. The van der Waals surface area contributed by atoms with Gasteiger partial charge in [-0.3, -0.25) is 9.78 Å². The van der Waals surface area contributed by atoms with Gasteiger partial charge >= 0.3 is 0 Å². The molecule has 1 amide bonds. The van der Waals surface area contributed by atoms with Crippen molar-refractivity contribution in [1.82, 2.24) is 30.6 Å². The molecule has 1 aromatic carbocycles. The second-order valence-electron chi connectivity index (χ2n) is 7.71. The monoisotopic (exact) mass is 464 g/mol. The van der Waals surface area contributed by atoms with Crippen LogP contribution in [0.25, 0.3) is 16.5 Å². The van der Waals surface area contributed by atoms with Crippen LogP contribution in [0.15, 0.2) is 36.7 Å². The molecule has 1 fully saturated rings. The molecule has 0 unspecified atom stereocenters. The van der Waals surface area contributed by atoms with Crippen molar-refractivity contribution in [3.05, 3.63) is 48.0 Å². The van der Waals surface area contributed by atoms with Crippen molar-refractivity contribution in [2.24, 2.45) is 0 Å². The first-order valence-corrected chi connectivity index (χ1v) is 10.5. The molecule has 0 saturated heterocycles. The Morgan fingerprint density at radius 3 is 2.65 bits per heavy atom. The number of carbonyl (C=O) groups excluding carboxylic acids is 1. The lowest BCUT2D eigenvalue weighted by Crippen LogP contribution is -2.37. The highest BCUT2D eigenvalue weighted by atomic mass is 35.5. The molecule has 0 spiro atoms. The van der Waals surface area contributed by atoms with Crippen LogP contribution in [0.1, 0.15) is 54.7 Å². The second kappa shape index (κ2) is 12.0. The minimum Gasteiger partial charge on any atom is -0.349 e. The average molecular weight is 465 g/mol. The summed E-state index contributed by atoms with van der Waals surface area (Å²) >= 11 is 0. The highest BCUT2D eigenvalue weighted by Crippen LogP contribution is 2.22. The third kappa shape index (κ3) is 5.93. The van der Waals surface area contributed by atoms with Gasteiger partial charge in [0.05, 0.1) is 11.4 Å². The predicted molar refractivity (Wildman–Crippen MR) is 128 cm³/mol. The van der Waals surface area contributed by atoms with Crippen molar-refractivity contribution >= 4 is 41.5 Å². The fraction of sp³-hybridized carbons (Fsp3) is 0.455. The van der Waals surface area contributed by atoms with Crippen LogP contribution in [0.3, 0.4) is 0 Å². The van der Waals surface area contributed by atoms with Gasteiger partial charge in [-0.1, -0.05) is 43.0 Å². The topological polar surface area (TPSA) is 84.7 Å². The van der Waals surface area contributed by atoms with Crippen LogP contribution in [0.4, 0.5) is 0 Å². The lowest BCUT2D eigenvalue weighted by atomic mass is 10.1. The van der Waals surface area contributed by atoms with Gasteiger partial charge in [-0.15, -0.1) is 29.9 Å². The van der Waals surface area contributed by atoms with E-state index in [4.69, 9.17) is 0 Å². The molecule has 4 rings (SSSR count). The minimum atomic E-state index is -0.182. The van der Waals surface area contributed by atoms with Crippen molar-refractivity contribution < 1.29 is 4.79 Å². The smallest absolute Gasteiger partial charge is 0.273 e. The molecule has 3 aromatic rings. The number of rotatable bonds is 6. The van der Waals surface area contributed by atoms with Gasteiger partial charge in [0.2, 0.25) is 0 Å². The number of aromatic nitrogens is 4. The molecule has 0 radical (unpaired) electrons. The Labute approximate surface area is 195 Å². The normalized spacial score (nSPS) is 14.4. The quantitative estimate of drug-likeness (QED) is 0.425. The number of halogens is 2. The SMILES string of the molecule is Cc1c(C(=O)NCCNC2CCCCCC2)nnn1-c1cccc2cnccc12.Cl.Cl. The van der Waals surface area contributed by atoms with Crippen LogP contribution in [0, 0.1) is 6.92 Å². The van der Waals surface area contributed by atoms with E-state index in [0.717, 1.165) is 28.7 Å². The van der Waals surface area contributed by atoms with Crippen molar-refractivity contribution in [2.75, 3.05) is 13.1 Å². The van der Waals surface area contributed by atoms with Crippen molar-refractivity contribution in [3.8, 4) is 5.69 Å². The molecular formula is C22H30Cl2N6O. The Kier molecular flexibility index (Phi) is 9.68. The van der Waals surface area contributed by atoms with Crippen molar-refractivity contribution in [2.45, 2.75) is 51.5 Å². The first-order chi connectivity index (χ1) is 14.2. The fourth-order valence-electron chi connectivity index (χ4n) is 4.08. The molecule has 1 saturated carbocycles. The number of benzene rings is 1. The van der Waals surface area contributed by atoms with E-state index in [-0.39, 0.29) is 30.7 Å². The van der Waals surface area contributed by atoms with Crippen LogP contribution in [0.2, 0.25) is 0 Å². The summed E-state index contributed by atoms with van der Waals surface area (Å²) in [5, 5.41) is 17.0. The third-order valence-electron chi connectivity index (χ3n) is 5.69.